The Morgan fingerprint density at radius 2 is 2.06 bits per heavy atom. The maximum Gasteiger partial charge on any atom is 0.301 e. The molecule has 7 heteroatoms. The van der Waals surface area contributed by atoms with Crippen molar-refractivity contribution < 1.29 is 18.0 Å². The van der Waals surface area contributed by atoms with Crippen molar-refractivity contribution in [3.8, 4) is 0 Å². The number of amides is 1. The molecule has 0 aliphatic carbocycles. The van der Waals surface area contributed by atoms with E-state index in [2.05, 4.69) is 5.32 Å². The summed E-state index contributed by atoms with van der Waals surface area (Å²) in [5.41, 5.74) is 5.50. The van der Waals surface area contributed by atoms with Gasteiger partial charge in [-0.15, -0.1) is 0 Å². The smallest absolute Gasteiger partial charge is 0.301 e. The molecule has 0 heterocycles. The third-order valence-electron chi connectivity index (χ3n) is 1.82. The Balaban J connectivity index is 3.77. The summed E-state index contributed by atoms with van der Waals surface area (Å²) in [6, 6.07) is -0.672. The zero-order valence-corrected chi connectivity index (χ0v) is 9.75. The molecule has 0 aromatic rings. The number of thioether (sulfide) groups is 1. The van der Waals surface area contributed by atoms with E-state index in [0.717, 1.165) is 5.75 Å². The SMILES string of the molecule is CSCC[C@H](N)C(=O)NCCC(F)=C(F)F. The minimum Gasteiger partial charge on any atom is -0.354 e. The highest BCUT2D eigenvalue weighted by Gasteiger charge is 2.12. The fourth-order valence-corrected chi connectivity index (χ4v) is 1.39. The van der Waals surface area contributed by atoms with Gasteiger partial charge >= 0.3 is 6.08 Å². The average molecular weight is 256 g/mol. The van der Waals surface area contributed by atoms with Crippen LogP contribution in [0, 0.1) is 0 Å². The van der Waals surface area contributed by atoms with Crippen LogP contribution in [0.3, 0.4) is 0 Å². The van der Waals surface area contributed by atoms with Crippen molar-refractivity contribution in [1.29, 1.82) is 0 Å². The third kappa shape index (κ3) is 6.73. The zero-order valence-electron chi connectivity index (χ0n) is 8.93. The molecule has 1 amide bonds. The van der Waals surface area contributed by atoms with Gasteiger partial charge in [0.2, 0.25) is 5.91 Å². The summed E-state index contributed by atoms with van der Waals surface area (Å²) in [5, 5.41) is 2.30. The van der Waals surface area contributed by atoms with Crippen LogP contribution < -0.4 is 11.1 Å². The maximum atomic E-state index is 12.3. The van der Waals surface area contributed by atoms with E-state index in [9.17, 15) is 18.0 Å². The molecule has 0 saturated heterocycles. The van der Waals surface area contributed by atoms with Gasteiger partial charge in [-0.3, -0.25) is 4.79 Å². The Morgan fingerprint density at radius 1 is 1.44 bits per heavy atom. The van der Waals surface area contributed by atoms with E-state index < -0.39 is 30.3 Å². The molecule has 0 spiro atoms. The molecular weight excluding hydrogens is 241 g/mol. The summed E-state index contributed by atoms with van der Waals surface area (Å²) in [6.07, 6.45) is -0.470. The lowest BCUT2D eigenvalue weighted by Crippen LogP contribution is -2.41. The van der Waals surface area contributed by atoms with Crippen molar-refractivity contribution in [2.45, 2.75) is 18.9 Å². The van der Waals surface area contributed by atoms with Gasteiger partial charge in [-0.25, -0.2) is 4.39 Å². The van der Waals surface area contributed by atoms with Crippen LogP contribution in [0.15, 0.2) is 11.9 Å². The molecule has 16 heavy (non-hydrogen) atoms. The lowest BCUT2D eigenvalue weighted by Gasteiger charge is -2.10. The summed E-state index contributed by atoms with van der Waals surface area (Å²) >= 11 is 1.55. The molecule has 94 valence electrons. The molecule has 1 atom stereocenters. The van der Waals surface area contributed by atoms with Gasteiger partial charge in [0.15, 0.2) is 5.83 Å². The van der Waals surface area contributed by atoms with Crippen molar-refractivity contribution in [3.05, 3.63) is 11.9 Å². The van der Waals surface area contributed by atoms with Crippen LogP contribution in [0.1, 0.15) is 12.8 Å². The lowest BCUT2D eigenvalue weighted by molar-refractivity contribution is -0.122. The Labute approximate surface area is 96.6 Å². The minimum atomic E-state index is -2.35. The van der Waals surface area contributed by atoms with Gasteiger partial charge in [-0.05, 0) is 18.4 Å². The first kappa shape index (κ1) is 15.3. The van der Waals surface area contributed by atoms with Crippen LogP contribution in [-0.2, 0) is 4.79 Å². The monoisotopic (exact) mass is 256 g/mol. The van der Waals surface area contributed by atoms with Gasteiger partial charge < -0.3 is 11.1 Å². The number of rotatable bonds is 7. The van der Waals surface area contributed by atoms with Gasteiger partial charge in [0.05, 0.1) is 6.04 Å². The van der Waals surface area contributed by atoms with Crippen molar-refractivity contribution in [2.75, 3.05) is 18.6 Å². The molecule has 0 aromatic carbocycles. The normalized spacial score (nSPS) is 12.1. The molecule has 0 aromatic heterocycles. The third-order valence-corrected chi connectivity index (χ3v) is 2.46. The molecule has 0 aliphatic heterocycles. The highest BCUT2D eigenvalue weighted by molar-refractivity contribution is 7.98. The quantitative estimate of drug-likeness (QED) is 0.728. The Morgan fingerprint density at radius 3 is 2.56 bits per heavy atom. The van der Waals surface area contributed by atoms with E-state index in [0.29, 0.717) is 6.42 Å². The fraction of sp³-hybridized carbons (Fsp3) is 0.667. The van der Waals surface area contributed by atoms with Crippen LogP contribution in [-0.4, -0.2) is 30.5 Å². The molecule has 0 fully saturated rings. The summed E-state index contributed by atoms with van der Waals surface area (Å²) in [6.45, 7) is -0.172. The molecule has 0 saturated carbocycles. The van der Waals surface area contributed by atoms with Gasteiger partial charge in [0.25, 0.3) is 0 Å². The minimum absolute atomic E-state index is 0.172. The van der Waals surface area contributed by atoms with Crippen LogP contribution >= 0.6 is 11.8 Å². The lowest BCUT2D eigenvalue weighted by atomic mass is 10.2. The summed E-state index contributed by atoms with van der Waals surface area (Å²) in [7, 11) is 0. The second kappa shape index (κ2) is 8.46. The van der Waals surface area contributed by atoms with Gasteiger partial charge in [0, 0.05) is 13.0 Å². The number of carbonyl (C=O) groups is 1. The second-order valence-electron chi connectivity index (χ2n) is 3.09. The summed E-state index contributed by atoms with van der Waals surface area (Å²) in [4.78, 5) is 11.2. The standard InChI is InChI=1S/C9H15F3N2OS/c1-16-5-3-7(13)9(15)14-4-2-6(10)8(11)12/h7H,2-5,13H2,1H3,(H,14,15)/t7-/m0/s1. The van der Waals surface area contributed by atoms with Crippen LogP contribution in [0.4, 0.5) is 13.2 Å². The summed E-state index contributed by atoms with van der Waals surface area (Å²) in [5.74, 6) is -1.21. The second-order valence-corrected chi connectivity index (χ2v) is 4.08. The molecule has 0 rings (SSSR count). The predicted octanol–water partition coefficient (Wildman–Crippen LogP) is 1.65. The van der Waals surface area contributed by atoms with Gasteiger partial charge in [0.1, 0.15) is 0 Å². The molecule has 0 aliphatic rings. The highest BCUT2D eigenvalue weighted by Crippen LogP contribution is 2.11. The van der Waals surface area contributed by atoms with E-state index in [1.807, 2.05) is 6.26 Å². The Hall–Kier alpha value is -0.690. The van der Waals surface area contributed by atoms with E-state index in [1.54, 1.807) is 11.8 Å². The maximum absolute atomic E-state index is 12.3. The first-order chi connectivity index (χ1) is 7.49. The molecule has 0 bridgehead atoms. The fourth-order valence-electron chi connectivity index (χ4n) is 0.897. The van der Waals surface area contributed by atoms with E-state index in [4.69, 9.17) is 5.73 Å². The number of hydrogen-bond donors (Lipinski definition) is 2. The van der Waals surface area contributed by atoms with E-state index in [1.165, 1.54) is 0 Å². The first-order valence-corrected chi connectivity index (χ1v) is 6.10. The zero-order chi connectivity index (χ0) is 12.6. The van der Waals surface area contributed by atoms with Crippen LogP contribution in [0.25, 0.3) is 0 Å². The molecule has 0 radical (unpaired) electrons. The molecule has 3 nitrogen and oxygen atoms in total. The van der Waals surface area contributed by atoms with Crippen molar-refractivity contribution >= 4 is 17.7 Å². The molecule has 3 N–H and O–H groups in total. The largest absolute Gasteiger partial charge is 0.354 e. The van der Waals surface area contributed by atoms with E-state index in [-0.39, 0.29) is 6.54 Å². The predicted molar refractivity (Wildman–Crippen MR) is 59.0 cm³/mol. The van der Waals surface area contributed by atoms with Gasteiger partial charge in [-0.2, -0.15) is 20.5 Å². The number of nitrogens with one attached hydrogen (secondary N) is 1. The number of hydrogen-bond acceptors (Lipinski definition) is 3. The van der Waals surface area contributed by atoms with Gasteiger partial charge in [-0.1, -0.05) is 0 Å². The van der Waals surface area contributed by atoms with Crippen LogP contribution in [0.2, 0.25) is 0 Å². The molecule has 0 unspecified atom stereocenters. The first-order valence-electron chi connectivity index (χ1n) is 4.71. The van der Waals surface area contributed by atoms with E-state index >= 15 is 0 Å². The number of carbonyl (C=O) groups excluding carboxylic acids is 1. The topological polar surface area (TPSA) is 55.1 Å². The number of nitrogens with two attached hydrogens (primary N) is 1. The Kier molecular flexibility index (Phi) is 8.10. The van der Waals surface area contributed by atoms with Crippen molar-refractivity contribution in [2.24, 2.45) is 5.73 Å². The Bertz CT molecular complexity index is 257. The van der Waals surface area contributed by atoms with Crippen LogP contribution in [0.5, 0.6) is 0 Å². The summed E-state index contributed by atoms with van der Waals surface area (Å²) < 4.78 is 35.6. The number of halogens is 3. The average Bonchev–Trinajstić information content (AvgIpc) is 2.25. The van der Waals surface area contributed by atoms with Crippen molar-refractivity contribution in [1.82, 2.24) is 5.32 Å². The van der Waals surface area contributed by atoms with Crippen molar-refractivity contribution in [3.63, 3.8) is 0 Å². The molecular formula is C9H15F3N2OS. The highest BCUT2D eigenvalue weighted by atomic mass is 32.2.